The number of aliphatic hydroxyl groups is 1. The summed E-state index contributed by atoms with van der Waals surface area (Å²) in [7, 11) is 0. The van der Waals surface area contributed by atoms with Crippen LogP contribution < -0.4 is 4.74 Å². The van der Waals surface area contributed by atoms with Gasteiger partial charge < -0.3 is 9.84 Å². The first-order chi connectivity index (χ1) is 9.04. The highest BCUT2D eigenvalue weighted by Crippen LogP contribution is 2.43. The fourth-order valence-corrected chi connectivity index (χ4v) is 3.83. The minimum absolute atomic E-state index is 0.223. The zero-order chi connectivity index (χ0) is 13.6. The summed E-state index contributed by atoms with van der Waals surface area (Å²) in [5, 5.41) is 10.2. The molecule has 0 fully saturated rings. The lowest BCUT2D eigenvalue weighted by molar-refractivity contribution is 0.0670. The summed E-state index contributed by atoms with van der Waals surface area (Å²) in [6, 6.07) is 6.26. The van der Waals surface area contributed by atoms with Crippen molar-refractivity contribution in [3.05, 3.63) is 49.9 Å². The molecule has 2 aromatic rings. The van der Waals surface area contributed by atoms with Crippen LogP contribution in [-0.2, 0) is 0 Å². The maximum atomic E-state index is 13.3. The number of ether oxygens (including phenoxy) is 1. The maximum absolute atomic E-state index is 13.3. The second kappa shape index (κ2) is 4.89. The molecule has 2 unspecified atom stereocenters. The normalized spacial score (nSPS) is 21.9. The predicted octanol–water partition coefficient (Wildman–Crippen LogP) is 4.52. The lowest BCUT2D eigenvalue weighted by Gasteiger charge is -2.29. The number of fused-ring (bicyclic) bond motifs is 1. The molecule has 3 rings (SSSR count). The van der Waals surface area contributed by atoms with Crippen molar-refractivity contribution in [2.75, 3.05) is 0 Å². The first-order valence-corrected chi connectivity index (χ1v) is 7.55. The summed E-state index contributed by atoms with van der Waals surface area (Å²) >= 11 is 5.10. The number of halogens is 2. The minimum Gasteiger partial charge on any atom is -0.484 e. The Labute approximate surface area is 123 Å². The topological polar surface area (TPSA) is 29.5 Å². The van der Waals surface area contributed by atoms with Gasteiger partial charge in [0, 0.05) is 32.3 Å². The van der Waals surface area contributed by atoms with E-state index in [1.165, 1.54) is 12.1 Å². The van der Waals surface area contributed by atoms with Crippen LogP contribution in [0.5, 0.6) is 5.75 Å². The van der Waals surface area contributed by atoms with E-state index in [0.29, 0.717) is 17.7 Å². The molecule has 0 saturated heterocycles. The quantitative estimate of drug-likeness (QED) is 0.825. The van der Waals surface area contributed by atoms with Crippen LogP contribution in [0.4, 0.5) is 4.39 Å². The Morgan fingerprint density at radius 1 is 1.42 bits per heavy atom. The second-order valence-corrected chi connectivity index (χ2v) is 6.74. The van der Waals surface area contributed by atoms with Gasteiger partial charge in [-0.1, -0.05) is 0 Å². The number of hydrogen-bond acceptors (Lipinski definition) is 3. The molecule has 5 heteroatoms. The molecule has 0 radical (unpaired) electrons. The number of aryl methyl sites for hydroxylation is 1. The summed E-state index contributed by atoms with van der Waals surface area (Å²) in [5.74, 6) is 0.0843. The molecular formula is C14H12BrFO2S. The summed E-state index contributed by atoms with van der Waals surface area (Å²) < 4.78 is 20.1. The lowest BCUT2D eigenvalue weighted by atomic mass is 9.98. The fraction of sp³-hybridized carbons (Fsp3) is 0.286. The lowest BCUT2D eigenvalue weighted by Crippen LogP contribution is -2.18. The molecule has 2 atom stereocenters. The van der Waals surface area contributed by atoms with E-state index >= 15 is 0 Å². The monoisotopic (exact) mass is 342 g/mol. The molecule has 0 amide bonds. The van der Waals surface area contributed by atoms with Crippen molar-refractivity contribution in [2.45, 2.75) is 25.6 Å². The molecular weight excluding hydrogens is 331 g/mol. The highest BCUT2D eigenvalue weighted by Gasteiger charge is 2.29. The summed E-state index contributed by atoms with van der Waals surface area (Å²) in [5.41, 5.74) is 0.657. The van der Waals surface area contributed by atoms with Crippen LogP contribution in [0, 0.1) is 12.7 Å². The van der Waals surface area contributed by atoms with Gasteiger partial charge in [0.05, 0.1) is 6.10 Å². The summed E-state index contributed by atoms with van der Waals surface area (Å²) in [6.07, 6.45) is -0.347. The first-order valence-electron chi connectivity index (χ1n) is 5.94. The number of benzene rings is 1. The van der Waals surface area contributed by atoms with Gasteiger partial charge in [-0.05, 0) is 41.1 Å². The van der Waals surface area contributed by atoms with Crippen molar-refractivity contribution in [1.82, 2.24) is 0 Å². The van der Waals surface area contributed by atoms with Crippen LogP contribution >= 0.6 is 27.3 Å². The van der Waals surface area contributed by atoms with Gasteiger partial charge in [-0.3, -0.25) is 0 Å². The van der Waals surface area contributed by atoms with Gasteiger partial charge >= 0.3 is 0 Å². The molecule has 1 aromatic carbocycles. The smallest absolute Gasteiger partial charge is 0.136 e. The third-order valence-electron chi connectivity index (χ3n) is 3.23. The molecule has 100 valence electrons. The first kappa shape index (κ1) is 13.1. The van der Waals surface area contributed by atoms with Crippen LogP contribution in [0.1, 0.15) is 33.9 Å². The van der Waals surface area contributed by atoms with Gasteiger partial charge in [-0.15, -0.1) is 11.3 Å². The van der Waals surface area contributed by atoms with Gasteiger partial charge in [0.2, 0.25) is 0 Å². The van der Waals surface area contributed by atoms with E-state index in [9.17, 15) is 9.50 Å². The van der Waals surface area contributed by atoms with E-state index in [1.54, 1.807) is 17.4 Å². The van der Waals surface area contributed by atoms with E-state index < -0.39 is 6.10 Å². The average molecular weight is 343 g/mol. The van der Waals surface area contributed by atoms with Crippen LogP contribution in [0.15, 0.2) is 28.7 Å². The Balaban J connectivity index is 1.96. The standard InChI is InChI=1S/C14H12BrFO2S/c1-7-10(15)5-14(19-7)13-6-11(17)9-3-2-8(16)4-12(9)18-13/h2-5,11,13,17H,6H2,1H3. The van der Waals surface area contributed by atoms with Crippen molar-refractivity contribution in [2.24, 2.45) is 0 Å². The largest absolute Gasteiger partial charge is 0.484 e. The predicted molar refractivity (Wildman–Crippen MR) is 76.1 cm³/mol. The highest BCUT2D eigenvalue weighted by molar-refractivity contribution is 9.10. The van der Waals surface area contributed by atoms with Crippen molar-refractivity contribution in [1.29, 1.82) is 0 Å². The van der Waals surface area contributed by atoms with E-state index in [1.807, 2.05) is 13.0 Å². The second-order valence-electron chi connectivity index (χ2n) is 4.59. The molecule has 1 N–H and O–H groups in total. The number of hydrogen-bond donors (Lipinski definition) is 1. The van der Waals surface area contributed by atoms with E-state index in [2.05, 4.69) is 15.9 Å². The van der Waals surface area contributed by atoms with Gasteiger partial charge in [0.25, 0.3) is 0 Å². The molecule has 19 heavy (non-hydrogen) atoms. The number of thiophene rings is 1. The van der Waals surface area contributed by atoms with Crippen LogP contribution in [0.2, 0.25) is 0 Å². The van der Waals surface area contributed by atoms with E-state index in [0.717, 1.165) is 14.2 Å². The molecule has 1 aliphatic rings. The molecule has 2 nitrogen and oxygen atoms in total. The number of rotatable bonds is 1. The Morgan fingerprint density at radius 2 is 2.21 bits per heavy atom. The Bertz CT molecular complexity index is 606. The van der Waals surface area contributed by atoms with Crippen molar-refractivity contribution in [3.63, 3.8) is 0 Å². The van der Waals surface area contributed by atoms with Gasteiger partial charge in [0.15, 0.2) is 0 Å². The maximum Gasteiger partial charge on any atom is 0.136 e. The Morgan fingerprint density at radius 3 is 2.89 bits per heavy atom. The molecule has 1 aromatic heterocycles. The van der Waals surface area contributed by atoms with Crippen molar-refractivity contribution in [3.8, 4) is 5.75 Å². The molecule has 0 aliphatic carbocycles. The minimum atomic E-state index is -0.615. The molecule has 0 saturated carbocycles. The summed E-state index contributed by atoms with van der Waals surface area (Å²) in [6.45, 7) is 2.02. The van der Waals surface area contributed by atoms with Gasteiger partial charge in [-0.2, -0.15) is 0 Å². The molecule has 1 aliphatic heterocycles. The highest BCUT2D eigenvalue weighted by atomic mass is 79.9. The van der Waals surface area contributed by atoms with E-state index in [-0.39, 0.29) is 11.9 Å². The van der Waals surface area contributed by atoms with Crippen molar-refractivity contribution < 1.29 is 14.2 Å². The average Bonchev–Trinajstić information content (AvgIpc) is 2.69. The number of aliphatic hydroxyl groups excluding tert-OH is 1. The fourth-order valence-electron chi connectivity index (χ4n) is 2.23. The van der Waals surface area contributed by atoms with Crippen LogP contribution in [0.3, 0.4) is 0 Å². The Kier molecular flexibility index (Phi) is 3.37. The zero-order valence-corrected chi connectivity index (χ0v) is 12.6. The van der Waals surface area contributed by atoms with Gasteiger partial charge in [-0.25, -0.2) is 4.39 Å². The van der Waals surface area contributed by atoms with Gasteiger partial charge in [0.1, 0.15) is 17.7 Å². The molecule has 2 heterocycles. The Hall–Kier alpha value is -0.910. The third kappa shape index (κ3) is 2.42. The SMILES string of the molecule is Cc1sc(C2CC(O)c3ccc(F)cc3O2)cc1Br. The van der Waals surface area contributed by atoms with Crippen molar-refractivity contribution >= 4 is 27.3 Å². The van der Waals surface area contributed by atoms with Crippen LogP contribution in [-0.4, -0.2) is 5.11 Å². The van der Waals surface area contributed by atoms with E-state index in [4.69, 9.17) is 4.74 Å². The zero-order valence-electron chi connectivity index (χ0n) is 10.2. The van der Waals surface area contributed by atoms with Crippen LogP contribution in [0.25, 0.3) is 0 Å². The third-order valence-corrected chi connectivity index (χ3v) is 5.46. The molecule has 0 bridgehead atoms. The molecule has 0 spiro atoms. The summed E-state index contributed by atoms with van der Waals surface area (Å²) in [4.78, 5) is 2.21.